The molecule has 46 heavy (non-hydrogen) atoms. The topological polar surface area (TPSA) is 0 Å². The minimum absolute atomic E-state index is 0.345. The molecule has 0 heterocycles. The predicted molar refractivity (Wildman–Crippen MR) is 218 cm³/mol. The molecular formula is C42H66As4. The van der Waals surface area contributed by atoms with Gasteiger partial charge in [-0.05, 0) is 0 Å². The Kier molecular flexibility index (Phi) is 12.5. The van der Waals surface area contributed by atoms with Gasteiger partial charge in [0.15, 0.2) is 0 Å². The van der Waals surface area contributed by atoms with Crippen LogP contribution in [0.3, 0.4) is 0 Å². The molecule has 0 fully saturated rings. The van der Waals surface area contributed by atoms with Crippen LogP contribution >= 0.6 is 0 Å². The molecule has 0 aromatic heterocycles. The van der Waals surface area contributed by atoms with Crippen LogP contribution in [0.5, 0.6) is 0 Å². The average Bonchev–Trinajstić information content (AvgIpc) is 2.82. The van der Waals surface area contributed by atoms with E-state index in [1.165, 1.54) is 0 Å². The van der Waals surface area contributed by atoms with Gasteiger partial charge >= 0.3 is 307 Å². The molecule has 3 rings (SSSR count). The molecule has 0 saturated carbocycles. The summed E-state index contributed by atoms with van der Waals surface area (Å²) in [5.41, 5.74) is 0. The molecule has 3 aromatic rings. The molecule has 0 unspecified atom stereocenters. The van der Waals surface area contributed by atoms with Crippen LogP contribution in [-0.2, 0) is 0 Å². The summed E-state index contributed by atoms with van der Waals surface area (Å²) < 4.78 is 11.6. The van der Waals surface area contributed by atoms with Crippen molar-refractivity contribution in [3.63, 3.8) is 0 Å². The summed E-state index contributed by atoms with van der Waals surface area (Å²) in [5.74, 6) is 0. The second kappa shape index (κ2) is 14.3. The van der Waals surface area contributed by atoms with E-state index >= 15 is 0 Å². The zero-order valence-electron chi connectivity index (χ0n) is 32.7. The first-order chi connectivity index (χ1) is 20.6. The predicted octanol–water partition coefficient (Wildman–Crippen LogP) is 9.11. The van der Waals surface area contributed by atoms with E-state index in [1.807, 2.05) is 0 Å². The van der Waals surface area contributed by atoms with Crippen molar-refractivity contribution in [2.45, 2.75) is 150 Å². The van der Waals surface area contributed by atoms with Crippen molar-refractivity contribution >= 4 is 84.7 Å². The van der Waals surface area contributed by atoms with E-state index in [9.17, 15) is 0 Å². The van der Waals surface area contributed by atoms with Crippen molar-refractivity contribution in [2.24, 2.45) is 0 Å². The first kappa shape index (κ1) is 40.3. The summed E-state index contributed by atoms with van der Waals surface area (Å²) >= 11 is -5.76. The molecule has 3 aromatic carbocycles. The van der Waals surface area contributed by atoms with E-state index in [4.69, 9.17) is 0 Å². The van der Waals surface area contributed by atoms with Gasteiger partial charge in [0.1, 0.15) is 0 Å². The van der Waals surface area contributed by atoms with Crippen LogP contribution in [0.1, 0.15) is 125 Å². The molecule has 4 heteroatoms. The minimum atomic E-state index is -1.76. The Morgan fingerprint density at radius 2 is 0.370 bits per heavy atom. The van der Waals surface area contributed by atoms with Gasteiger partial charge < -0.3 is 0 Å². The van der Waals surface area contributed by atoms with Crippen LogP contribution in [0.2, 0.25) is 25.2 Å². The second-order valence-corrected chi connectivity index (χ2v) is 47.9. The van der Waals surface area contributed by atoms with Gasteiger partial charge in [0, 0.05) is 0 Å². The van der Waals surface area contributed by atoms with Gasteiger partial charge in [-0.3, -0.25) is 0 Å². The van der Waals surface area contributed by atoms with Crippen LogP contribution in [-0.4, -0.2) is 58.6 Å². The number of benzene rings is 3. The Bertz CT molecular complexity index is 1190. The Labute approximate surface area is 304 Å². The van der Waals surface area contributed by atoms with Gasteiger partial charge in [-0.15, -0.1) is 0 Å². The van der Waals surface area contributed by atoms with Crippen molar-refractivity contribution in [3.8, 4) is 0 Å². The monoisotopic (exact) mass is 870 g/mol. The van der Waals surface area contributed by atoms with Crippen LogP contribution in [0, 0.1) is 0 Å². The third-order valence-electron chi connectivity index (χ3n) is 8.12. The first-order valence-electron chi connectivity index (χ1n) is 17.1. The molecule has 0 amide bonds. The summed E-state index contributed by atoms with van der Waals surface area (Å²) in [7, 11) is 0. The van der Waals surface area contributed by atoms with Gasteiger partial charge in [-0.1, -0.05) is 0 Å². The van der Waals surface area contributed by atoms with E-state index in [0.29, 0.717) is 25.2 Å². The van der Waals surface area contributed by atoms with Gasteiger partial charge in [-0.2, -0.15) is 0 Å². The summed E-state index contributed by atoms with van der Waals surface area (Å²) in [6.45, 7) is 44.3. The molecule has 0 spiro atoms. The molecule has 0 nitrogen and oxygen atoms in total. The Morgan fingerprint density at radius 3 is 0.500 bits per heavy atom. The van der Waals surface area contributed by atoms with Crippen LogP contribution in [0.25, 0.3) is 0 Å². The summed E-state index contributed by atoms with van der Waals surface area (Å²) in [5, 5.41) is 0. The summed E-state index contributed by atoms with van der Waals surface area (Å²) in [6, 6.07) is 30.3. The molecule has 0 saturated heterocycles. The zero-order chi connectivity index (χ0) is 35.3. The molecule has 0 aliphatic heterocycles. The summed E-state index contributed by atoms with van der Waals surface area (Å²) in [4.78, 5) is 0. The molecule has 0 atom stereocenters. The molecule has 0 aliphatic rings. The second-order valence-electron chi connectivity index (χ2n) is 18.9. The summed E-state index contributed by atoms with van der Waals surface area (Å²) in [6.07, 6.45) is 0. The third kappa shape index (κ3) is 9.99. The number of rotatable bonds is 6. The molecule has 0 bridgehead atoms. The molecule has 0 aliphatic carbocycles. The average molecular weight is 871 g/mol. The Morgan fingerprint density at radius 1 is 0.239 bits per heavy atom. The van der Waals surface area contributed by atoms with E-state index in [0.717, 1.165) is 0 Å². The molecular weight excluding hydrogens is 804 g/mol. The SMILES string of the molecule is CC(C)(C)[As](c1ccc([As](c2ccc([As](C(C)(C)C)C(C)(C)C)cc2)c2ccc([As](C(C)(C)C)C(C)(C)C)cc2)cc1)C(C)(C)C. The number of hydrogen-bond acceptors (Lipinski definition) is 0. The molecule has 0 N–H and O–H groups in total. The normalized spacial score (nSPS) is 14.2. The quantitative estimate of drug-likeness (QED) is 0.217. The standard InChI is InChI=1S/C42H66As4/c1-37(2,3)44(38(4,5)6)34-25-19-31(20-26-34)43(32-21-27-35(28-22-32)45(39(7,8)9)40(10,11)12)33-23-29-36(30-24-33)46(41(13,14)15)42(16,17)18/h19-30H,1-18H3. The molecule has 0 radical (unpaired) electrons. The fourth-order valence-electron chi connectivity index (χ4n) is 8.04. The van der Waals surface area contributed by atoms with Crippen molar-refractivity contribution in [1.29, 1.82) is 0 Å². The van der Waals surface area contributed by atoms with Crippen molar-refractivity contribution < 1.29 is 0 Å². The zero-order valence-corrected chi connectivity index (χ0v) is 40.2. The maximum atomic E-state index is 2.53. The Balaban J connectivity index is 2.19. The maximum absolute atomic E-state index is 2.53. The van der Waals surface area contributed by atoms with Crippen molar-refractivity contribution in [3.05, 3.63) is 72.8 Å². The van der Waals surface area contributed by atoms with E-state index < -0.39 is 58.6 Å². The number of hydrogen-bond donors (Lipinski definition) is 0. The van der Waals surface area contributed by atoms with Crippen LogP contribution < -0.4 is 26.1 Å². The van der Waals surface area contributed by atoms with Gasteiger partial charge in [0.25, 0.3) is 0 Å². The molecule has 254 valence electrons. The fourth-order valence-corrected chi connectivity index (χ4v) is 38.0. The van der Waals surface area contributed by atoms with E-state index in [2.05, 4.69) is 197 Å². The van der Waals surface area contributed by atoms with Gasteiger partial charge in [-0.25, -0.2) is 0 Å². The van der Waals surface area contributed by atoms with Crippen molar-refractivity contribution in [2.75, 3.05) is 0 Å². The third-order valence-corrected chi connectivity index (χ3v) is 35.3. The van der Waals surface area contributed by atoms with Crippen LogP contribution in [0.4, 0.5) is 0 Å². The van der Waals surface area contributed by atoms with Crippen molar-refractivity contribution in [1.82, 2.24) is 0 Å². The fraction of sp³-hybridized carbons (Fsp3) is 0.571. The van der Waals surface area contributed by atoms with E-state index in [-0.39, 0.29) is 0 Å². The van der Waals surface area contributed by atoms with Gasteiger partial charge in [0.2, 0.25) is 0 Å². The van der Waals surface area contributed by atoms with Crippen LogP contribution in [0.15, 0.2) is 72.8 Å². The Hall–Kier alpha value is -0.106. The van der Waals surface area contributed by atoms with E-state index in [1.54, 1.807) is 26.1 Å². The first-order valence-corrected chi connectivity index (χ1v) is 28.4. The van der Waals surface area contributed by atoms with Gasteiger partial charge in [0.05, 0.1) is 0 Å².